The Hall–Kier alpha value is -3.62. The first-order chi connectivity index (χ1) is 14.9. The van der Waals surface area contributed by atoms with Crippen LogP contribution in [-0.4, -0.2) is 8.32 Å². The highest BCUT2D eigenvalue weighted by molar-refractivity contribution is 7.07. The molecule has 0 spiro atoms. The molecule has 0 unspecified atom stereocenters. The van der Waals surface area contributed by atoms with Gasteiger partial charge in [0.1, 0.15) is 0 Å². The average molecular weight is 406 g/mol. The van der Waals surface area contributed by atoms with Gasteiger partial charge in [-0.3, -0.25) is 5.48 Å². The Morgan fingerprint density at radius 3 is 1.40 bits per heavy atom. The van der Waals surface area contributed by atoms with Crippen molar-refractivity contribution in [2.24, 2.45) is 0 Å². The molecule has 0 aliphatic heterocycles. The van der Waals surface area contributed by atoms with Crippen LogP contribution in [0.25, 0.3) is 6.08 Å². The maximum absolute atomic E-state index is 6.58. The van der Waals surface area contributed by atoms with Gasteiger partial charge in [-0.05, 0) is 27.2 Å². The summed E-state index contributed by atoms with van der Waals surface area (Å²) in [5, 5.41) is 3.53. The lowest BCUT2D eigenvalue weighted by Gasteiger charge is -2.31. The minimum atomic E-state index is -2.75. The third-order valence-corrected chi connectivity index (χ3v) is 8.81. The smallest absolute Gasteiger partial charge is 0.305 e. The van der Waals surface area contributed by atoms with Crippen molar-refractivity contribution in [1.82, 2.24) is 5.48 Å². The van der Waals surface area contributed by atoms with Crippen molar-refractivity contribution in [3.8, 4) is 0 Å². The van der Waals surface area contributed by atoms with Crippen molar-refractivity contribution in [2.45, 2.75) is 0 Å². The van der Waals surface area contributed by atoms with Gasteiger partial charge in [-0.15, -0.1) is 5.73 Å². The maximum atomic E-state index is 6.58. The van der Waals surface area contributed by atoms with Gasteiger partial charge in [0.15, 0.2) is 0 Å². The van der Waals surface area contributed by atoms with Crippen LogP contribution in [0.15, 0.2) is 133 Å². The number of hydrogen-bond donors (Lipinski definition) is 1. The Morgan fingerprint density at radius 1 is 0.567 bits per heavy atom. The van der Waals surface area contributed by atoms with Gasteiger partial charge in [0, 0.05) is 0 Å². The molecule has 0 heterocycles. The molecule has 2 nitrogen and oxygen atoms in total. The van der Waals surface area contributed by atoms with Crippen LogP contribution in [0.1, 0.15) is 5.56 Å². The van der Waals surface area contributed by atoms with Crippen LogP contribution in [0, 0.1) is 0 Å². The highest BCUT2D eigenvalue weighted by Crippen LogP contribution is 2.08. The van der Waals surface area contributed by atoms with Crippen LogP contribution in [0.4, 0.5) is 0 Å². The summed E-state index contributed by atoms with van der Waals surface area (Å²) in [6.07, 6.45) is 3.65. The van der Waals surface area contributed by atoms with Crippen molar-refractivity contribution in [2.75, 3.05) is 0 Å². The van der Waals surface area contributed by atoms with Crippen LogP contribution >= 0.6 is 0 Å². The summed E-state index contributed by atoms with van der Waals surface area (Å²) in [5.41, 5.74) is 7.34. The van der Waals surface area contributed by atoms with Crippen LogP contribution in [0.2, 0.25) is 0 Å². The topological polar surface area (TPSA) is 21.3 Å². The van der Waals surface area contributed by atoms with E-state index in [1.807, 2.05) is 54.6 Å². The van der Waals surface area contributed by atoms with E-state index in [-0.39, 0.29) is 0 Å². The molecule has 0 atom stereocenters. The molecule has 0 saturated heterocycles. The SMILES string of the molecule is C(=CNO[Si](c1ccccc1)(c1ccccc1)c1ccccc1)=Cc1ccccc1. The molecule has 4 aromatic rings. The van der Waals surface area contributed by atoms with Crippen LogP contribution < -0.4 is 21.0 Å². The van der Waals surface area contributed by atoms with Gasteiger partial charge < -0.3 is 4.53 Å². The molecular weight excluding hydrogens is 382 g/mol. The molecule has 1 N–H and O–H groups in total. The lowest BCUT2D eigenvalue weighted by atomic mass is 10.2. The van der Waals surface area contributed by atoms with E-state index in [2.05, 4.69) is 84.0 Å². The second-order valence-electron chi connectivity index (χ2n) is 6.87. The molecule has 146 valence electrons. The molecule has 0 aromatic heterocycles. The Balaban J connectivity index is 1.74. The second-order valence-corrected chi connectivity index (χ2v) is 10.2. The van der Waals surface area contributed by atoms with E-state index in [1.54, 1.807) is 6.20 Å². The summed E-state index contributed by atoms with van der Waals surface area (Å²) in [6, 6.07) is 41.5. The first-order valence-corrected chi connectivity index (χ1v) is 11.9. The molecule has 30 heavy (non-hydrogen) atoms. The summed E-state index contributed by atoms with van der Waals surface area (Å²) in [5.74, 6) is 0. The summed E-state index contributed by atoms with van der Waals surface area (Å²) in [7, 11) is -2.75. The highest BCUT2D eigenvalue weighted by atomic mass is 28.4. The molecular formula is C27H23NOSi. The van der Waals surface area contributed by atoms with Gasteiger partial charge in [-0.1, -0.05) is 121 Å². The van der Waals surface area contributed by atoms with E-state index >= 15 is 0 Å². The fourth-order valence-electron chi connectivity index (χ4n) is 3.53. The van der Waals surface area contributed by atoms with Gasteiger partial charge in [0.25, 0.3) is 0 Å². The summed E-state index contributed by atoms with van der Waals surface area (Å²) < 4.78 is 6.58. The standard InChI is InChI=1S/C27H23NOSi/c1-5-14-24(15-6-1)16-13-23-28-29-30(25-17-7-2-8-18-25,26-19-9-3-10-20-26)27-21-11-4-12-22-27/h1-12,14-23,28H. The Labute approximate surface area is 178 Å². The first kappa shape index (κ1) is 19.7. The molecule has 4 rings (SSSR count). The summed E-state index contributed by atoms with van der Waals surface area (Å²) in [6.45, 7) is 0. The zero-order chi connectivity index (χ0) is 20.5. The first-order valence-electron chi connectivity index (χ1n) is 9.96. The zero-order valence-corrected chi connectivity index (χ0v) is 17.6. The quantitative estimate of drug-likeness (QED) is 0.217. The summed E-state index contributed by atoms with van der Waals surface area (Å²) in [4.78, 5) is 0. The van der Waals surface area contributed by atoms with E-state index in [0.29, 0.717) is 0 Å². The number of hydroxylamine groups is 1. The molecule has 0 aliphatic carbocycles. The van der Waals surface area contributed by atoms with Gasteiger partial charge >= 0.3 is 8.32 Å². The number of rotatable bonds is 7. The lowest BCUT2D eigenvalue weighted by Crippen LogP contribution is -2.70. The predicted octanol–water partition coefficient (Wildman–Crippen LogP) is 4.00. The van der Waals surface area contributed by atoms with E-state index < -0.39 is 8.32 Å². The number of hydrogen-bond acceptors (Lipinski definition) is 2. The maximum Gasteiger partial charge on any atom is 0.321 e. The van der Waals surface area contributed by atoms with E-state index in [1.165, 1.54) is 15.6 Å². The van der Waals surface area contributed by atoms with E-state index in [0.717, 1.165) is 5.56 Å². The van der Waals surface area contributed by atoms with E-state index in [9.17, 15) is 0 Å². The fourth-order valence-corrected chi connectivity index (χ4v) is 7.11. The molecule has 0 amide bonds. The van der Waals surface area contributed by atoms with Crippen molar-refractivity contribution >= 4 is 30.0 Å². The normalized spacial score (nSPS) is 10.7. The van der Waals surface area contributed by atoms with Crippen molar-refractivity contribution in [3.05, 3.63) is 139 Å². The van der Waals surface area contributed by atoms with Gasteiger partial charge in [0.05, 0.1) is 6.20 Å². The minimum absolute atomic E-state index is 1.09. The molecule has 0 bridgehead atoms. The van der Waals surface area contributed by atoms with Gasteiger partial charge in [0.2, 0.25) is 0 Å². The number of benzene rings is 4. The van der Waals surface area contributed by atoms with Gasteiger partial charge in [-0.25, -0.2) is 0 Å². The zero-order valence-electron chi connectivity index (χ0n) is 16.6. The third kappa shape index (κ3) is 4.34. The van der Waals surface area contributed by atoms with Crippen molar-refractivity contribution in [1.29, 1.82) is 0 Å². The largest absolute Gasteiger partial charge is 0.321 e. The Kier molecular flexibility index (Phi) is 6.38. The second kappa shape index (κ2) is 9.73. The monoisotopic (exact) mass is 405 g/mol. The molecule has 0 radical (unpaired) electrons. The van der Waals surface area contributed by atoms with E-state index in [4.69, 9.17) is 4.53 Å². The summed E-state index contributed by atoms with van der Waals surface area (Å²) >= 11 is 0. The molecule has 3 heteroatoms. The minimum Gasteiger partial charge on any atom is -0.305 e. The molecule has 0 fully saturated rings. The third-order valence-electron chi connectivity index (χ3n) is 4.94. The van der Waals surface area contributed by atoms with Gasteiger partial charge in [-0.2, -0.15) is 0 Å². The van der Waals surface area contributed by atoms with Crippen LogP contribution in [-0.2, 0) is 4.53 Å². The lowest BCUT2D eigenvalue weighted by molar-refractivity contribution is 0.246. The average Bonchev–Trinajstić information content (AvgIpc) is 2.84. The Bertz CT molecular complexity index is 1010. The highest BCUT2D eigenvalue weighted by Gasteiger charge is 2.42. The fraction of sp³-hybridized carbons (Fsp3) is 0. The predicted molar refractivity (Wildman–Crippen MR) is 127 cm³/mol. The Morgan fingerprint density at radius 2 is 0.967 bits per heavy atom. The van der Waals surface area contributed by atoms with Crippen LogP contribution in [0.3, 0.4) is 0 Å². The van der Waals surface area contributed by atoms with Crippen LogP contribution in [0.5, 0.6) is 0 Å². The van der Waals surface area contributed by atoms with Crippen molar-refractivity contribution < 1.29 is 4.53 Å². The van der Waals surface area contributed by atoms with Crippen molar-refractivity contribution in [3.63, 3.8) is 0 Å². The molecule has 0 aliphatic rings. The molecule has 0 saturated carbocycles. The number of nitrogens with one attached hydrogen (secondary N) is 1. The molecule has 4 aromatic carbocycles.